The highest BCUT2D eigenvalue weighted by Gasteiger charge is 2.57. The van der Waals surface area contributed by atoms with Gasteiger partial charge in [-0.05, 0) is 24.7 Å². The monoisotopic (exact) mass is 464 g/mol. The molecule has 3 aliphatic heterocycles. The average Bonchev–Trinajstić information content (AvgIpc) is 3.11. The molecule has 8 heteroatoms. The first-order chi connectivity index (χ1) is 16.5. The predicted molar refractivity (Wildman–Crippen MR) is 128 cm³/mol. The van der Waals surface area contributed by atoms with Crippen LogP contribution in [0.15, 0.2) is 47.3 Å². The summed E-state index contributed by atoms with van der Waals surface area (Å²) in [6.07, 6.45) is 0.312. The summed E-state index contributed by atoms with van der Waals surface area (Å²) in [7, 11) is 2.04. The van der Waals surface area contributed by atoms with E-state index in [4.69, 9.17) is 0 Å². The molecule has 2 saturated heterocycles. The number of rotatable bonds is 4. The number of hydrogen-bond donors (Lipinski definition) is 1. The molecule has 1 N–H and O–H groups in total. The molecule has 1 aromatic heterocycles. The van der Waals surface area contributed by atoms with Gasteiger partial charge in [-0.1, -0.05) is 37.3 Å². The number of aromatic nitrogens is 1. The summed E-state index contributed by atoms with van der Waals surface area (Å²) in [5, 5.41) is 10.4. The summed E-state index contributed by atoms with van der Waals surface area (Å²) < 4.78 is 1.73. The number of pyridine rings is 1. The standard InChI is InChI=1S/C26H32N4O4/c1-3-22(32)30-21-15-29-20(10-9-18(25(29)33)17-7-5-4-6-8-17)24(30)23(19(21)16-31)26(34)28-13-11-27(2)12-14-28/h4-10,19,21,23-24,31H,3,11-16H2,1-2H3/t19-,21-,23+,24+/m1/s1. The lowest BCUT2D eigenvalue weighted by Crippen LogP contribution is -2.51. The van der Waals surface area contributed by atoms with Crippen molar-refractivity contribution in [2.45, 2.75) is 32.0 Å². The molecule has 1 aromatic carbocycles. The summed E-state index contributed by atoms with van der Waals surface area (Å²) in [6.45, 7) is 4.75. The molecule has 2 fully saturated rings. The summed E-state index contributed by atoms with van der Waals surface area (Å²) >= 11 is 0. The zero-order valence-corrected chi connectivity index (χ0v) is 19.8. The number of carbonyl (C=O) groups is 2. The van der Waals surface area contributed by atoms with E-state index in [-0.39, 0.29) is 36.6 Å². The Kier molecular flexibility index (Phi) is 6.04. The Morgan fingerprint density at radius 1 is 1.03 bits per heavy atom. The second kappa shape index (κ2) is 9.00. The first-order valence-corrected chi connectivity index (χ1v) is 12.1. The van der Waals surface area contributed by atoms with Gasteiger partial charge in [-0.15, -0.1) is 0 Å². The van der Waals surface area contributed by atoms with Crippen LogP contribution in [0.5, 0.6) is 0 Å². The molecule has 180 valence electrons. The molecule has 0 unspecified atom stereocenters. The normalized spacial score (nSPS) is 26.4. The van der Waals surface area contributed by atoms with Gasteiger partial charge in [0.1, 0.15) is 0 Å². The highest BCUT2D eigenvalue weighted by atomic mass is 16.3. The molecule has 8 nitrogen and oxygen atoms in total. The maximum atomic E-state index is 13.8. The Bertz CT molecular complexity index is 1140. The Labute approximate surface area is 199 Å². The average molecular weight is 465 g/mol. The number of aliphatic hydroxyl groups excluding tert-OH is 1. The lowest BCUT2D eigenvalue weighted by Gasteiger charge is -2.39. The summed E-state index contributed by atoms with van der Waals surface area (Å²) in [5.41, 5.74) is 2.00. The number of aliphatic hydroxyl groups is 1. The molecule has 2 bridgehead atoms. The molecule has 0 spiro atoms. The van der Waals surface area contributed by atoms with Gasteiger partial charge in [0.25, 0.3) is 5.56 Å². The minimum absolute atomic E-state index is 0.0263. The van der Waals surface area contributed by atoms with E-state index in [1.807, 2.05) is 61.3 Å². The van der Waals surface area contributed by atoms with Crippen molar-refractivity contribution < 1.29 is 14.7 Å². The number of likely N-dealkylation sites (N-methyl/N-ethyl adjacent to an activating group) is 1. The van der Waals surface area contributed by atoms with Crippen LogP contribution in [0.2, 0.25) is 0 Å². The van der Waals surface area contributed by atoms with Gasteiger partial charge in [-0.2, -0.15) is 0 Å². The number of nitrogens with zero attached hydrogens (tertiary/aromatic N) is 4. The molecule has 4 heterocycles. The van der Waals surface area contributed by atoms with Gasteiger partial charge in [-0.3, -0.25) is 14.4 Å². The van der Waals surface area contributed by atoms with Crippen LogP contribution in [0.1, 0.15) is 25.1 Å². The van der Waals surface area contributed by atoms with E-state index in [0.29, 0.717) is 30.8 Å². The second-order valence-corrected chi connectivity index (χ2v) is 9.62. The molecule has 0 saturated carbocycles. The maximum absolute atomic E-state index is 13.8. The quantitative estimate of drug-likeness (QED) is 0.735. The fraction of sp³-hybridized carbons (Fsp3) is 0.500. The van der Waals surface area contributed by atoms with Gasteiger partial charge in [-0.25, -0.2) is 0 Å². The molecule has 0 radical (unpaired) electrons. The SMILES string of the molecule is CCC(=O)N1[C@@H]2Cn3c(ccc(-c4ccccc4)c3=O)[C@H]1[C@@H](C(=O)N1CCN(C)CC1)[C@@H]2CO. The Balaban J connectivity index is 1.60. The molecule has 34 heavy (non-hydrogen) atoms. The molecule has 3 aliphatic rings. The Hall–Kier alpha value is -2.97. The third-order valence-electron chi connectivity index (χ3n) is 7.82. The first-order valence-electron chi connectivity index (χ1n) is 12.1. The van der Waals surface area contributed by atoms with Crippen molar-refractivity contribution in [2.75, 3.05) is 39.8 Å². The summed E-state index contributed by atoms with van der Waals surface area (Å²) in [6, 6.07) is 12.3. The van der Waals surface area contributed by atoms with Gasteiger partial charge in [0.2, 0.25) is 11.8 Å². The zero-order valence-electron chi connectivity index (χ0n) is 19.8. The highest BCUT2D eigenvalue weighted by Crippen LogP contribution is 2.49. The number of fused-ring (bicyclic) bond motifs is 4. The highest BCUT2D eigenvalue weighted by molar-refractivity contribution is 5.84. The minimum atomic E-state index is -0.565. The van der Waals surface area contributed by atoms with E-state index in [1.54, 1.807) is 9.47 Å². The van der Waals surface area contributed by atoms with Crippen LogP contribution < -0.4 is 5.56 Å². The van der Waals surface area contributed by atoms with E-state index < -0.39 is 17.9 Å². The number of piperazine rings is 1. The smallest absolute Gasteiger partial charge is 0.258 e. The van der Waals surface area contributed by atoms with Crippen LogP contribution in [-0.2, 0) is 16.1 Å². The lowest BCUT2D eigenvalue weighted by atomic mass is 9.86. The van der Waals surface area contributed by atoms with Crippen LogP contribution in [0, 0.1) is 11.8 Å². The fourth-order valence-electron chi connectivity index (χ4n) is 5.99. The van der Waals surface area contributed by atoms with Crippen LogP contribution in [0.4, 0.5) is 0 Å². The topological polar surface area (TPSA) is 86.1 Å². The van der Waals surface area contributed by atoms with Gasteiger partial charge in [0, 0.05) is 62.9 Å². The third kappa shape index (κ3) is 3.56. The van der Waals surface area contributed by atoms with Crippen molar-refractivity contribution in [1.82, 2.24) is 19.3 Å². The zero-order chi connectivity index (χ0) is 24.0. The van der Waals surface area contributed by atoms with E-state index >= 15 is 0 Å². The number of carbonyl (C=O) groups excluding carboxylic acids is 2. The maximum Gasteiger partial charge on any atom is 0.258 e. The predicted octanol–water partition coefficient (Wildman–Crippen LogP) is 1.19. The van der Waals surface area contributed by atoms with Crippen molar-refractivity contribution in [3.63, 3.8) is 0 Å². The van der Waals surface area contributed by atoms with Crippen molar-refractivity contribution in [3.05, 3.63) is 58.5 Å². The van der Waals surface area contributed by atoms with Gasteiger partial charge in [0.15, 0.2) is 0 Å². The largest absolute Gasteiger partial charge is 0.396 e. The Morgan fingerprint density at radius 2 is 1.74 bits per heavy atom. The summed E-state index contributed by atoms with van der Waals surface area (Å²) in [5.74, 6) is -1.05. The van der Waals surface area contributed by atoms with E-state index in [9.17, 15) is 19.5 Å². The summed E-state index contributed by atoms with van der Waals surface area (Å²) in [4.78, 5) is 46.3. The molecule has 0 aliphatic carbocycles. The van der Waals surface area contributed by atoms with E-state index in [1.165, 1.54) is 0 Å². The van der Waals surface area contributed by atoms with Crippen LogP contribution in [0.3, 0.4) is 0 Å². The third-order valence-corrected chi connectivity index (χ3v) is 7.82. The van der Waals surface area contributed by atoms with Crippen LogP contribution in [-0.4, -0.2) is 82.1 Å². The number of hydrogen-bond acceptors (Lipinski definition) is 5. The molecule has 4 atom stereocenters. The van der Waals surface area contributed by atoms with Gasteiger partial charge >= 0.3 is 0 Å². The van der Waals surface area contributed by atoms with E-state index in [2.05, 4.69) is 4.90 Å². The molecule has 5 rings (SSSR count). The first kappa shape index (κ1) is 22.8. The van der Waals surface area contributed by atoms with Gasteiger partial charge in [0.05, 0.1) is 18.0 Å². The molecule has 2 aromatic rings. The van der Waals surface area contributed by atoms with E-state index in [0.717, 1.165) is 18.7 Å². The molecular formula is C26H32N4O4. The van der Waals surface area contributed by atoms with Crippen molar-refractivity contribution >= 4 is 11.8 Å². The Morgan fingerprint density at radius 3 is 2.38 bits per heavy atom. The molecular weight excluding hydrogens is 432 g/mol. The van der Waals surface area contributed by atoms with Gasteiger partial charge < -0.3 is 24.4 Å². The van der Waals surface area contributed by atoms with Crippen molar-refractivity contribution in [2.24, 2.45) is 11.8 Å². The molecule has 2 amide bonds. The van der Waals surface area contributed by atoms with Crippen molar-refractivity contribution in [1.29, 1.82) is 0 Å². The van der Waals surface area contributed by atoms with Crippen LogP contribution >= 0.6 is 0 Å². The van der Waals surface area contributed by atoms with Crippen LogP contribution in [0.25, 0.3) is 11.1 Å². The lowest BCUT2D eigenvalue weighted by molar-refractivity contribution is -0.141. The second-order valence-electron chi connectivity index (χ2n) is 9.62. The fourth-order valence-corrected chi connectivity index (χ4v) is 5.99. The van der Waals surface area contributed by atoms with Crippen molar-refractivity contribution in [3.8, 4) is 11.1 Å². The number of benzene rings is 1. The number of amides is 2. The minimum Gasteiger partial charge on any atom is -0.396 e.